The Balaban J connectivity index is 1.58. The normalized spacial score (nSPS) is 10.5. The van der Waals surface area contributed by atoms with Crippen molar-refractivity contribution in [1.29, 1.82) is 0 Å². The molecule has 0 spiro atoms. The molecule has 0 radical (unpaired) electrons. The van der Waals surface area contributed by atoms with Gasteiger partial charge in [-0.1, -0.05) is 54.1 Å². The summed E-state index contributed by atoms with van der Waals surface area (Å²) in [6.45, 7) is 4.62. The monoisotopic (exact) mass is 499 g/mol. The molecule has 4 aromatic carbocycles. The van der Waals surface area contributed by atoms with Crippen LogP contribution >= 0.6 is 11.6 Å². The highest BCUT2D eigenvalue weighted by Gasteiger charge is 2.18. The van der Waals surface area contributed by atoms with Gasteiger partial charge in [-0.25, -0.2) is 0 Å². The zero-order chi connectivity index (χ0) is 25.5. The zero-order valence-corrected chi connectivity index (χ0v) is 20.8. The predicted molar refractivity (Wildman–Crippen MR) is 142 cm³/mol. The third kappa shape index (κ3) is 6.12. The maximum Gasteiger partial charge on any atom is 0.255 e. The highest BCUT2D eigenvalue weighted by molar-refractivity contribution is 6.31. The SMILES string of the molecule is CCOc1ccc(C(=O)Nc2ccc(Cl)cc2C(=O)c2ccccc2)cc1COc1cccc(C)c1. The van der Waals surface area contributed by atoms with Gasteiger partial charge in [0.15, 0.2) is 5.78 Å². The van der Waals surface area contributed by atoms with E-state index in [4.69, 9.17) is 21.1 Å². The third-order valence-electron chi connectivity index (χ3n) is 5.52. The Morgan fingerprint density at radius 2 is 1.64 bits per heavy atom. The van der Waals surface area contributed by atoms with Crippen molar-refractivity contribution in [2.24, 2.45) is 0 Å². The van der Waals surface area contributed by atoms with Crippen LogP contribution < -0.4 is 14.8 Å². The van der Waals surface area contributed by atoms with E-state index in [2.05, 4.69) is 5.32 Å². The number of benzene rings is 4. The lowest BCUT2D eigenvalue weighted by molar-refractivity contribution is 0.102. The smallest absolute Gasteiger partial charge is 0.255 e. The first-order valence-corrected chi connectivity index (χ1v) is 12.0. The molecule has 5 nitrogen and oxygen atoms in total. The van der Waals surface area contributed by atoms with Gasteiger partial charge in [-0.2, -0.15) is 0 Å². The fraction of sp³-hybridized carbons (Fsp3) is 0.133. The summed E-state index contributed by atoms with van der Waals surface area (Å²) < 4.78 is 11.7. The van der Waals surface area contributed by atoms with Crippen molar-refractivity contribution >= 4 is 29.0 Å². The fourth-order valence-electron chi connectivity index (χ4n) is 3.75. The van der Waals surface area contributed by atoms with Crippen LogP contribution in [0.15, 0.2) is 91.0 Å². The van der Waals surface area contributed by atoms with Gasteiger partial charge >= 0.3 is 0 Å². The summed E-state index contributed by atoms with van der Waals surface area (Å²) in [6.07, 6.45) is 0. The highest BCUT2D eigenvalue weighted by atomic mass is 35.5. The Labute approximate surface area is 215 Å². The fourth-order valence-corrected chi connectivity index (χ4v) is 3.92. The number of ketones is 1. The minimum absolute atomic E-state index is 0.229. The van der Waals surface area contributed by atoms with Gasteiger partial charge in [0.05, 0.1) is 12.3 Å². The van der Waals surface area contributed by atoms with Crippen molar-refractivity contribution in [2.75, 3.05) is 11.9 Å². The van der Waals surface area contributed by atoms with Crippen LogP contribution in [0.4, 0.5) is 5.69 Å². The molecular weight excluding hydrogens is 474 g/mol. The van der Waals surface area contributed by atoms with Crippen molar-refractivity contribution < 1.29 is 19.1 Å². The Morgan fingerprint density at radius 1 is 0.833 bits per heavy atom. The maximum atomic E-state index is 13.2. The molecule has 0 aromatic heterocycles. The first-order chi connectivity index (χ1) is 17.4. The van der Waals surface area contributed by atoms with Crippen LogP contribution in [0.3, 0.4) is 0 Å². The largest absolute Gasteiger partial charge is 0.493 e. The van der Waals surface area contributed by atoms with Gasteiger partial charge in [0.2, 0.25) is 0 Å². The topological polar surface area (TPSA) is 64.6 Å². The van der Waals surface area contributed by atoms with E-state index in [1.165, 1.54) is 0 Å². The van der Waals surface area contributed by atoms with Crippen LogP contribution in [-0.2, 0) is 6.61 Å². The van der Waals surface area contributed by atoms with Crippen LogP contribution in [0.25, 0.3) is 0 Å². The van der Waals surface area contributed by atoms with Crippen molar-refractivity contribution in [3.63, 3.8) is 0 Å². The standard InChI is InChI=1S/C30H26ClNO4/c1-3-35-28-15-12-22(17-23(28)19-36-25-11-7-8-20(2)16-25)30(34)32-27-14-13-24(31)18-26(27)29(33)21-9-5-4-6-10-21/h4-18H,3,19H2,1-2H3,(H,32,34). The van der Waals surface area contributed by atoms with E-state index < -0.39 is 0 Å². The maximum absolute atomic E-state index is 13.2. The second-order valence-corrected chi connectivity index (χ2v) is 8.64. The lowest BCUT2D eigenvalue weighted by Gasteiger charge is -2.15. The van der Waals surface area contributed by atoms with E-state index in [1.54, 1.807) is 60.7 Å². The van der Waals surface area contributed by atoms with Crippen LogP contribution in [0.5, 0.6) is 11.5 Å². The van der Waals surface area contributed by atoms with Gasteiger partial charge in [0, 0.05) is 27.3 Å². The van der Waals surface area contributed by atoms with Crippen LogP contribution in [-0.4, -0.2) is 18.3 Å². The Hall–Kier alpha value is -4.09. The van der Waals surface area contributed by atoms with Gasteiger partial charge in [-0.3, -0.25) is 9.59 Å². The average molecular weight is 500 g/mol. The summed E-state index contributed by atoms with van der Waals surface area (Å²) in [5, 5.41) is 3.27. The van der Waals surface area contributed by atoms with Crippen LogP contribution in [0, 0.1) is 6.92 Å². The van der Waals surface area contributed by atoms with Gasteiger partial charge in [-0.05, 0) is 67.9 Å². The van der Waals surface area contributed by atoms with Gasteiger partial charge in [0.1, 0.15) is 18.1 Å². The van der Waals surface area contributed by atoms with E-state index in [0.717, 1.165) is 16.9 Å². The van der Waals surface area contributed by atoms with Gasteiger partial charge < -0.3 is 14.8 Å². The Kier molecular flexibility index (Phi) is 8.03. The molecule has 0 fully saturated rings. The van der Waals surface area contributed by atoms with Crippen molar-refractivity contribution in [3.05, 3.63) is 124 Å². The summed E-state index contributed by atoms with van der Waals surface area (Å²) in [7, 11) is 0. The Bertz CT molecular complexity index is 1390. The molecular formula is C30H26ClNO4. The molecule has 0 aliphatic rings. The first-order valence-electron chi connectivity index (χ1n) is 11.6. The average Bonchev–Trinajstić information content (AvgIpc) is 2.89. The molecule has 0 heterocycles. The number of nitrogens with one attached hydrogen (secondary N) is 1. The van der Waals surface area contributed by atoms with Crippen molar-refractivity contribution in [2.45, 2.75) is 20.5 Å². The molecule has 1 N–H and O–H groups in total. The number of aryl methyl sites for hydroxylation is 1. The number of hydrogen-bond donors (Lipinski definition) is 1. The summed E-state index contributed by atoms with van der Waals surface area (Å²) in [5.74, 6) is 0.789. The number of carbonyl (C=O) groups excluding carboxylic acids is 2. The molecule has 6 heteroatoms. The predicted octanol–water partition coefficient (Wildman–Crippen LogP) is 7.11. The van der Waals surface area contributed by atoms with E-state index in [1.807, 2.05) is 44.2 Å². The lowest BCUT2D eigenvalue weighted by Crippen LogP contribution is -2.16. The van der Waals surface area contributed by atoms with E-state index in [0.29, 0.717) is 39.8 Å². The molecule has 1 amide bonds. The molecule has 0 aliphatic heterocycles. The van der Waals surface area contributed by atoms with Crippen LogP contribution in [0.1, 0.15) is 44.3 Å². The Morgan fingerprint density at radius 3 is 2.39 bits per heavy atom. The number of hydrogen-bond acceptors (Lipinski definition) is 4. The second kappa shape index (κ2) is 11.6. The number of carbonyl (C=O) groups is 2. The molecule has 0 saturated carbocycles. The highest BCUT2D eigenvalue weighted by Crippen LogP contribution is 2.26. The van der Waals surface area contributed by atoms with Gasteiger partial charge in [0.25, 0.3) is 5.91 Å². The number of amides is 1. The first kappa shape index (κ1) is 25.0. The number of rotatable bonds is 9. The molecule has 0 bridgehead atoms. The minimum Gasteiger partial charge on any atom is -0.493 e. The summed E-state index contributed by atoms with van der Waals surface area (Å²) >= 11 is 6.17. The minimum atomic E-state index is -0.362. The second-order valence-electron chi connectivity index (χ2n) is 8.20. The number of anilines is 1. The van der Waals surface area contributed by atoms with E-state index in [-0.39, 0.29) is 18.3 Å². The van der Waals surface area contributed by atoms with Crippen LogP contribution in [0.2, 0.25) is 5.02 Å². The summed E-state index contributed by atoms with van der Waals surface area (Å²) in [4.78, 5) is 26.3. The lowest BCUT2D eigenvalue weighted by atomic mass is 10.0. The molecule has 0 saturated heterocycles. The molecule has 4 rings (SSSR count). The summed E-state index contributed by atoms with van der Waals surface area (Å²) in [5.41, 5.74) is 3.44. The molecule has 182 valence electrons. The molecule has 4 aromatic rings. The number of ether oxygens (including phenoxy) is 2. The molecule has 0 aliphatic carbocycles. The number of halogens is 1. The van der Waals surface area contributed by atoms with E-state index in [9.17, 15) is 9.59 Å². The van der Waals surface area contributed by atoms with Crippen molar-refractivity contribution in [3.8, 4) is 11.5 Å². The molecule has 0 unspecified atom stereocenters. The van der Waals surface area contributed by atoms with E-state index >= 15 is 0 Å². The quantitative estimate of drug-likeness (QED) is 0.249. The molecule has 0 atom stereocenters. The third-order valence-corrected chi connectivity index (χ3v) is 5.75. The summed E-state index contributed by atoms with van der Waals surface area (Å²) in [6, 6.07) is 26.6. The zero-order valence-electron chi connectivity index (χ0n) is 20.1. The van der Waals surface area contributed by atoms with Crippen molar-refractivity contribution in [1.82, 2.24) is 0 Å². The van der Waals surface area contributed by atoms with Gasteiger partial charge in [-0.15, -0.1) is 0 Å². The molecule has 36 heavy (non-hydrogen) atoms.